The van der Waals surface area contributed by atoms with Crippen LogP contribution in [0.4, 0.5) is 0 Å². The topological polar surface area (TPSA) is 85.8 Å². The van der Waals surface area contributed by atoms with Crippen molar-refractivity contribution in [2.75, 3.05) is 39.8 Å². The number of aliphatic imine (C=N–C) groups is 1. The van der Waals surface area contributed by atoms with Crippen molar-refractivity contribution in [1.29, 1.82) is 0 Å². The fourth-order valence-electron chi connectivity index (χ4n) is 3.27. The number of hydrogen-bond acceptors (Lipinski definition) is 4. The zero-order valence-electron chi connectivity index (χ0n) is 17.2. The fourth-order valence-corrected chi connectivity index (χ4v) is 4.00. The summed E-state index contributed by atoms with van der Waals surface area (Å²) < 4.78 is 25.9. The van der Waals surface area contributed by atoms with Gasteiger partial charge >= 0.3 is 0 Å². The first-order valence-electron chi connectivity index (χ1n) is 10.3. The molecule has 0 unspecified atom stereocenters. The number of nitrogens with one attached hydrogen (secondary N) is 3. The van der Waals surface area contributed by atoms with Crippen LogP contribution in [-0.4, -0.2) is 59.0 Å². The largest absolute Gasteiger partial charge is 0.357 e. The summed E-state index contributed by atoms with van der Waals surface area (Å²) in [5.41, 5.74) is 0.969. The van der Waals surface area contributed by atoms with Gasteiger partial charge in [0.25, 0.3) is 0 Å². The molecular weight excluding hydrogens is 374 g/mol. The number of likely N-dealkylation sites (tertiary alicyclic amines) is 1. The van der Waals surface area contributed by atoms with Gasteiger partial charge in [0.1, 0.15) is 0 Å². The fraction of sp³-hybridized carbons (Fsp3) is 0.650. The summed E-state index contributed by atoms with van der Waals surface area (Å²) in [4.78, 5) is 7.44. The van der Waals surface area contributed by atoms with Gasteiger partial charge in [-0.1, -0.05) is 25.0 Å². The molecule has 1 aromatic carbocycles. The SMILES string of the molecule is CCNC(=NCc1ccc(S(=O)(=O)NC)cc1)NCCCN1CCCCCC1. The molecule has 1 aliphatic heterocycles. The standard InChI is InChI=1S/C20H35N5O2S/c1-3-22-20(23-13-8-16-25-14-6-4-5-7-15-25)24-17-18-9-11-19(12-10-18)28(26,27)21-2/h9-12,21H,3-8,13-17H2,1-2H3,(H2,22,23,24). The predicted octanol–water partition coefficient (Wildman–Crippen LogP) is 1.92. The summed E-state index contributed by atoms with van der Waals surface area (Å²) in [5.74, 6) is 0.797. The maximum atomic E-state index is 11.8. The molecule has 0 radical (unpaired) electrons. The molecular formula is C20H35N5O2S. The third-order valence-corrected chi connectivity index (χ3v) is 6.34. The van der Waals surface area contributed by atoms with E-state index in [4.69, 9.17) is 0 Å². The summed E-state index contributed by atoms with van der Waals surface area (Å²) in [6.07, 6.45) is 6.49. The Balaban J connectivity index is 1.81. The van der Waals surface area contributed by atoms with Crippen molar-refractivity contribution < 1.29 is 8.42 Å². The second kappa shape index (κ2) is 12.0. The van der Waals surface area contributed by atoms with Crippen LogP contribution >= 0.6 is 0 Å². The van der Waals surface area contributed by atoms with Crippen LogP contribution in [0.2, 0.25) is 0 Å². The smallest absolute Gasteiger partial charge is 0.240 e. The maximum Gasteiger partial charge on any atom is 0.240 e. The molecule has 158 valence electrons. The van der Waals surface area contributed by atoms with Crippen LogP contribution < -0.4 is 15.4 Å². The van der Waals surface area contributed by atoms with E-state index in [0.717, 1.165) is 37.6 Å². The molecule has 0 aliphatic carbocycles. The molecule has 8 heteroatoms. The van der Waals surface area contributed by atoms with Crippen LogP contribution in [0.3, 0.4) is 0 Å². The third kappa shape index (κ3) is 7.77. The lowest BCUT2D eigenvalue weighted by molar-refractivity contribution is 0.282. The Labute approximate surface area is 170 Å². The Kier molecular flexibility index (Phi) is 9.73. The molecule has 3 N–H and O–H groups in total. The summed E-state index contributed by atoms with van der Waals surface area (Å²) in [5, 5.41) is 6.66. The Morgan fingerprint density at radius 3 is 2.36 bits per heavy atom. The lowest BCUT2D eigenvalue weighted by Gasteiger charge is -2.20. The van der Waals surface area contributed by atoms with Crippen LogP contribution in [0.5, 0.6) is 0 Å². The molecule has 0 spiro atoms. The number of hydrogen-bond donors (Lipinski definition) is 3. The first-order chi connectivity index (χ1) is 13.5. The molecule has 0 saturated carbocycles. The molecule has 1 saturated heterocycles. The van der Waals surface area contributed by atoms with E-state index in [9.17, 15) is 8.42 Å². The van der Waals surface area contributed by atoms with E-state index in [1.54, 1.807) is 24.3 Å². The molecule has 0 amide bonds. The van der Waals surface area contributed by atoms with Crippen LogP contribution in [0.25, 0.3) is 0 Å². The lowest BCUT2D eigenvalue weighted by atomic mass is 10.2. The van der Waals surface area contributed by atoms with Gasteiger partial charge in [0.2, 0.25) is 10.0 Å². The molecule has 2 rings (SSSR count). The minimum absolute atomic E-state index is 0.265. The number of sulfonamides is 1. The van der Waals surface area contributed by atoms with Crippen LogP contribution in [0.15, 0.2) is 34.2 Å². The number of benzene rings is 1. The summed E-state index contributed by atoms with van der Waals surface area (Å²) in [6.45, 7) is 7.83. The van der Waals surface area contributed by atoms with Gasteiger partial charge < -0.3 is 15.5 Å². The zero-order chi connectivity index (χ0) is 20.2. The predicted molar refractivity (Wildman–Crippen MR) is 115 cm³/mol. The van der Waals surface area contributed by atoms with Crippen molar-refractivity contribution in [3.63, 3.8) is 0 Å². The van der Waals surface area contributed by atoms with Gasteiger partial charge in [0, 0.05) is 13.1 Å². The highest BCUT2D eigenvalue weighted by Crippen LogP contribution is 2.11. The first-order valence-corrected chi connectivity index (χ1v) is 11.8. The quantitative estimate of drug-likeness (QED) is 0.330. The molecule has 7 nitrogen and oxygen atoms in total. The molecule has 1 heterocycles. The third-order valence-electron chi connectivity index (χ3n) is 4.91. The van der Waals surface area contributed by atoms with E-state index in [2.05, 4.69) is 25.2 Å². The van der Waals surface area contributed by atoms with Gasteiger partial charge in [-0.3, -0.25) is 0 Å². The van der Waals surface area contributed by atoms with Gasteiger partial charge in [-0.2, -0.15) is 0 Å². The van der Waals surface area contributed by atoms with Crippen molar-refractivity contribution in [3.8, 4) is 0 Å². The highest BCUT2D eigenvalue weighted by Gasteiger charge is 2.10. The Hall–Kier alpha value is -1.64. The van der Waals surface area contributed by atoms with Gasteiger partial charge in [0.15, 0.2) is 5.96 Å². The van der Waals surface area contributed by atoms with Gasteiger partial charge in [-0.15, -0.1) is 0 Å². The van der Waals surface area contributed by atoms with Crippen molar-refractivity contribution in [2.45, 2.75) is 50.5 Å². The van der Waals surface area contributed by atoms with E-state index >= 15 is 0 Å². The summed E-state index contributed by atoms with van der Waals surface area (Å²) in [6, 6.07) is 6.82. The van der Waals surface area contributed by atoms with Crippen LogP contribution in [0.1, 0.15) is 44.6 Å². The molecule has 28 heavy (non-hydrogen) atoms. The van der Waals surface area contributed by atoms with Crippen molar-refractivity contribution in [3.05, 3.63) is 29.8 Å². The Bertz CT molecular complexity index is 696. The molecule has 0 bridgehead atoms. The Morgan fingerprint density at radius 2 is 1.75 bits per heavy atom. The second-order valence-corrected chi connectivity index (χ2v) is 8.97. The monoisotopic (exact) mass is 409 g/mol. The van der Waals surface area contributed by atoms with E-state index in [1.807, 2.05) is 6.92 Å². The van der Waals surface area contributed by atoms with E-state index in [0.29, 0.717) is 6.54 Å². The van der Waals surface area contributed by atoms with E-state index < -0.39 is 10.0 Å². The minimum Gasteiger partial charge on any atom is -0.357 e. The normalized spacial score (nSPS) is 16.6. The molecule has 1 fully saturated rings. The summed E-state index contributed by atoms with van der Waals surface area (Å²) in [7, 11) is -1.98. The molecule has 0 aromatic heterocycles. The van der Waals surface area contributed by atoms with E-state index in [1.165, 1.54) is 45.8 Å². The van der Waals surface area contributed by atoms with Gasteiger partial charge in [-0.25, -0.2) is 18.1 Å². The molecule has 0 atom stereocenters. The Morgan fingerprint density at radius 1 is 1.07 bits per heavy atom. The van der Waals surface area contributed by atoms with Crippen molar-refractivity contribution in [1.82, 2.24) is 20.3 Å². The van der Waals surface area contributed by atoms with Crippen LogP contribution in [-0.2, 0) is 16.6 Å². The summed E-state index contributed by atoms with van der Waals surface area (Å²) >= 11 is 0. The van der Waals surface area contributed by atoms with Crippen molar-refractivity contribution >= 4 is 16.0 Å². The number of guanidine groups is 1. The molecule has 1 aromatic rings. The van der Waals surface area contributed by atoms with E-state index in [-0.39, 0.29) is 4.90 Å². The maximum absolute atomic E-state index is 11.8. The van der Waals surface area contributed by atoms with Gasteiger partial charge in [-0.05, 0) is 70.6 Å². The average Bonchev–Trinajstić information content (AvgIpc) is 2.98. The first kappa shape index (κ1) is 22.6. The molecule has 1 aliphatic rings. The number of rotatable bonds is 9. The van der Waals surface area contributed by atoms with Crippen LogP contribution in [0, 0.1) is 0 Å². The highest BCUT2D eigenvalue weighted by atomic mass is 32.2. The highest BCUT2D eigenvalue weighted by molar-refractivity contribution is 7.89. The second-order valence-electron chi connectivity index (χ2n) is 7.08. The minimum atomic E-state index is -3.40. The zero-order valence-corrected chi connectivity index (χ0v) is 18.0. The van der Waals surface area contributed by atoms with Gasteiger partial charge in [0.05, 0.1) is 11.4 Å². The average molecular weight is 410 g/mol. The van der Waals surface area contributed by atoms with Crippen molar-refractivity contribution in [2.24, 2.45) is 4.99 Å². The number of nitrogens with zero attached hydrogens (tertiary/aromatic N) is 2. The lowest BCUT2D eigenvalue weighted by Crippen LogP contribution is -2.39.